The van der Waals surface area contributed by atoms with E-state index >= 15 is 0 Å². The summed E-state index contributed by atoms with van der Waals surface area (Å²) in [7, 11) is 0. The van der Waals surface area contributed by atoms with Crippen molar-refractivity contribution in [1.29, 1.82) is 0 Å². The van der Waals surface area contributed by atoms with Gasteiger partial charge in [-0.15, -0.1) is 11.3 Å². The van der Waals surface area contributed by atoms with Crippen molar-refractivity contribution in [3.8, 4) is 0 Å². The van der Waals surface area contributed by atoms with Crippen molar-refractivity contribution in [2.24, 2.45) is 11.8 Å². The molecule has 1 N–H and O–H groups in total. The van der Waals surface area contributed by atoms with Gasteiger partial charge in [0.1, 0.15) is 0 Å². The number of nitrogens with zero attached hydrogens (tertiary/aromatic N) is 1. The molecule has 0 bridgehead atoms. The number of nitrogens with one attached hydrogen (secondary N) is 1. The Morgan fingerprint density at radius 1 is 1.56 bits per heavy atom. The lowest BCUT2D eigenvalue weighted by atomic mass is 10.1. The minimum atomic E-state index is 0.429. The van der Waals surface area contributed by atoms with Crippen LogP contribution in [0.1, 0.15) is 26.5 Å². The lowest BCUT2D eigenvalue weighted by Gasteiger charge is -2.13. The van der Waals surface area contributed by atoms with Crippen LogP contribution in [0, 0.1) is 11.8 Å². The second kappa shape index (κ2) is 5.15. The minimum absolute atomic E-state index is 0.429. The van der Waals surface area contributed by atoms with Gasteiger partial charge in [-0.2, -0.15) is 0 Å². The number of ether oxygens (including phenoxy) is 1. The summed E-state index contributed by atoms with van der Waals surface area (Å²) in [5, 5.41) is 6.66. The van der Waals surface area contributed by atoms with E-state index in [0.717, 1.165) is 24.8 Å². The molecule has 2 rings (SSSR count). The first-order chi connectivity index (χ1) is 7.65. The van der Waals surface area contributed by atoms with Crippen LogP contribution >= 0.6 is 11.3 Å². The number of rotatable bonds is 4. The van der Waals surface area contributed by atoms with Crippen LogP contribution in [-0.2, 0) is 11.2 Å². The van der Waals surface area contributed by atoms with E-state index in [9.17, 15) is 0 Å². The molecule has 1 aromatic rings. The molecule has 1 aromatic heterocycles. The quantitative estimate of drug-likeness (QED) is 0.878. The Bertz CT molecular complexity index is 338. The Kier molecular flexibility index (Phi) is 3.82. The van der Waals surface area contributed by atoms with Gasteiger partial charge in [-0.1, -0.05) is 20.8 Å². The highest BCUT2D eigenvalue weighted by atomic mass is 32.1. The Labute approximate surface area is 101 Å². The highest BCUT2D eigenvalue weighted by molar-refractivity contribution is 7.13. The largest absolute Gasteiger partial charge is 0.379 e. The van der Waals surface area contributed by atoms with Crippen molar-refractivity contribution >= 4 is 16.5 Å². The van der Waals surface area contributed by atoms with Crippen molar-refractivity contribution in [3.63, 3.8) is 0 Å². The molecule has 90 valence electrons. The minimum Gasteiger partial charge on any atom is -0.379 e. The molecule has 0 amide bonds. The number of aromatic nitrogens is 1. The van der Waals surface area contributed by atoms with Crippen LogP contribution in [-0.4, -0.2) is 24.2 Å². The molecule has 0 radical (unpaired) electrons. The molecule has 0 aromatic carbocycles. The molecular formula is C12H20N2OS. The third kappa shape index (κ3) is 2.95. The second-order valence-electron chi connectivity index (χ2n) is 5.01. The molecule has 16 heavy (non-hydrogen) atoms. The molecule has 0 spiro atoms. The fourth-order valence-electron chi connectivity index (χ4n) is 1.89. The van der Waals surface area contributed by atoms with Crippen molar-refractivity contribution in [2.75, 3.05) is 18.5 Å². The van der Waals surface area contributed by atoms with Crippen LogP contribution in [0.2, 0.25) is 0 Å². The van der Waals surface area contributed by atoms with Gasteiger partial charge in [-0.3, -0.25) is 0 Å². The van der Waals surface area contributed by atoms with E-state index < -0.39 is 0 Å². The Morgan fingerprint density at radius 2 is 2.38 bits per heavy atom. The van der Waals surface area contributed by atoms with Crippen LogP contribution < -0.4 is 5.32 Å². The fourth-order valence-corrected chi connectivity index (χ4v) is 2.68. The molecule has 3 nitrogen and oxygen atoms in total. The van der Waals surface area contributed by atoms with Crippen LogP contribution in [0.3, 0.4) is 0 Å². The Balaban J connectivity index is 1.92. The predicted octanol–water partition coefficient (Wildman–Crippen LogP) is 2.79. The molecule has 1 aliphatic heterocycles. The standard InChI is InChI=1S/C12H20N2OS/c1-8(2)4-10-7-16-12(13-10)14-11-6-15-5-9(11)3/h7-9,11H,4-6H2,1-3H3,(H,13,14). The average molecular weight is 240 g/mol. The third-order valence-corrected chi connectivity index (χ3v) is 3.67. The van der Waals surface area contributed by atoms with Gasteiger partial charge in [0.15, 0.2) is 5.13 Å². The molecule has 1 fully saturated rings. The van der Waals surface area contributed by atoms with Crippen molar-refractivity contribution in [1.82, 2.24) is 4.98 Å². The summed E-state index contributed by atoms with van der Waals surface area (Å²) in [6.45, 7) is 8.33. The van der Waals surface area contributed by atoms with Crippen LogP contribution in [0.25, 0.3) is 0 Å². The summed E-state index contributed by atoms with van der Waals surface area (Å²) in [6, 6.07) is 0.429. The number of hydrogen-bond acceptors (Lipinski definition) is 4. The van der Waals surface area contributed by atoms with Crippen LogP contribution in [0.5, 0.6) is 0 Å². The van der Waals surface area contributed by atoms with E-state index in [1.54, 1.807) is 11.3 Å². The zero-order chi connectivity index (χ0) is 11.5. The summed E-state index contributed by atoms with van der Waals surface area (Å²) in [5.41, 5.74) is 1.20. The van der Waals surface area contributed by atoms with Gasteiger partial charge < -0.3 is 10.1 Å². The summed E-state index contributed by atoms with van der Waals surface area (Å²) < 4.78 is 5.43. The number of thiazole rings is 1. The molecule has 0 aliphatic carbocycles. The van der Waals surface area contributed by atoms with E-state index in [1.807, 2.05) is 0 Å². The zero-order valence-electron chi connectivity index (χ0n) is 10.2. The molecule has 1 aliphatic rings. The number of anilines is 1. The summed E-state index contributed by atoms with van der Waals surface area (Å²) in [6.07, 6.45) is 1.06. The molecule has 2 unspecified atom stereocenters. The molecular weight excluding hydrogens is 220 g/mol. The molecule has 2 heterocycles. The highest BCUT2D eigenvalue weighted by Crippen LogP contribution is 2.22. The Hall–Kier alpha value is -0.610. The van der Waals surface area contributed by atoms with E-state index in [4.69, 9.17) is 4.74 Å². The predicted molar refractivity (Wildman–Crippen MR) is 68.0 cm³/mol. The van der Waals surface area contributed by atoms with E-state index in [-0.39, 0.29) is 0 Å². The van der Waals surface area contributed by atoms with E-state index in [1.165, 1.54) is 5.69 Å². The van der Waals surface area contributed by atoms with Gasteiger partial charge in [0.05, 0.1) is 24.9 Å². The first-order valence-electron chi connectivity index (χ1n) is 5.94. The zero-order valence-corrected chi connectivity index (χ0v) is 11.0. The van der Waals surface area contributed by atoms with Gasteiger partial charge in [-0.05, 0) is 12.3 Å². The SMILES string of the molecule is CC(C)Cc1csc(NC2COCC2C)n1. The lowest BCUT2D eigenvalue weighted by molar-refractivity contribution is 0.187. The first-order valence-corrected chi connectivity index (χ1v) is 6.82. The summed E-state index contributed by atoms with van der Waals surface area (Å²) in [5.74, 6) is 1.25. The Morgan fingerprint density at radius 3 is 3.00 bits per heavy atom. The van der Waals surface area contributed by atoms with Gasteiger partial charge in [0.25, 0.3) is 0 Å². The monoisotopic (exact) mass is 240 g/mol. The highest BCUT2D eigenvalue weighted by Gasteiger charge is 2.24. The number of hydrogen-bond donors (Lipinski definition) is 1. The lowest BCUT2D eigenvalue weighted by Crippen LogP contribution is -2.25. The fraction of sp³-hybridized carbons (Fsp3) is 0.750. The van der Waals surface area contributed by atoms with Crippen molar-refractivity contribution < 1.29 is 4.74 Å². The maximum atomic E-state index is 5.43. The average Bonchev–Trinajstić information content (AvgIpc) is 2.77. The molecule has 0 saturated carbocycles. The van der Waals surface area contributed by atoms with Gasteiger partial charge >= 0.3 is 0 Å². The summed E-state index contributed by atoms with van der Waals surface area (Å²) >= 11 is 1.70. The van der Waals surface area contributed by atoms with Gasteiger partial charge in [-0.25, -0.2) is 4.98 Å². The third-order valence-electron chi connectivity index (χ3n) is 2.84. The van der Waals surface area contributed by atoms with Gasteiger partial charge in [0, 0.05) is 11.3 Å². The maximum absolute atomic E-state index is 5.43. The summed E-state index contributed by atoms with van der Waals surface area (Å²) in [4.78, 5) is 4.60. The smallest absolute Gasteiger partial charge is 0.183 e. The van der Waals surface area contributed by atoms with Crippen LogP contribution in [0.15, 0.2) is 5.38 Å². The van der Waals surface area contributed by atoms with Gasteiger partial charge in [0.2, 0.25) is 0 Å². The first kappa shape index (κ1) is 11.9. The van der Waals surface area contributed by atoms with Crippen molar-refractivity contribution in [2.45, 2.75) is 33.2 Å². The van der Waals surface area contributed by atoms with Crippen molar-refractivity contribution in [3.05, 3.63) is 11.1 Å². The van der Waals surface area contributed by atoms with E-state index in [0.29, 0.717) is 17.9 Å². The molecule has 1 saturated heterocycles. The van der Waals surface area contributed by atoms with Crippen LogP contribution in [0.4, 0.5) is 5.13 Å². The molecule has 2 atom stereocenters. The normalized spacial score (nSPS) is 25.2. The maximum Gasteiger partial charge on any atom is 0.183 e. The second-order valence-corrected chi connectivity index (χ2v) is 5.87. The molecule has 4 heteroatoms. The van der Waals surface area contributed by atoms with E-state index in [2.05, 4.69) is 36.5 Å². The topological polar surface area (TPSA) is 34.1 Å².